The first-order valence-corrected chi connectivity index (χ1v) is 11.9. The largest absolute Gasteiger partial charge is 0.467 e. The van der Waals surface area contributed by atoms with Gasteiger partial charge in [0.2, 0.25) is 0 Å². The lowest BCUT2D eigenvalue weighted by Crippen LogP contribution is -2.42. The molecule has 0 heterocycles. The van der Waals surface area contributed by atoms with Crippen molar-refractivity contribution in [1.29, 1.82) is 0 Å². The van der Waals surface area contributed by atoms with Gasteiger partial charge < -0.3 is 9.47 Å². The third-order valence-corrected chi connectivity index (χ3v) is 9.12. The van der Waals surface area contributed by atoms with Crippen LogP contribution in [0.15, 0.2) is 72.8 Å². The quantitative estimate of drug-likeness (QED) is 0.401. The van der Waals surface area contributed by atoms with Gasteiger partial charge in [-0.15, -0.1) is 0 Å². The molecular weight excluding hydrogens is 387 g/mol. The number of hydrogen-bond acceptors (Lipinski definition) is 2. The van der Waals surface area contributed by atoms with E-state index in [9.17, 15) is 0 Å². The molecular formula is C27H35O2P. The third kappa shape index (κ3) is 4.27. The zero-order valence-corrected chi connectivity index (χ0v) is 20.3. The Balaban J connectivity index is 2.34. The van der Waals surface area contributed by atoms with Gasteiger partial charge in [-0.2, -0.15) is 0 Å². The van der Waals surface area contributed by atoms with Gasteiger partial charge in [-0.25, -0.2) is 0 Å². The summed E-state index contributed by atoms with van der Waals surface area (Å²) in [5.74, 6) is 0.971. The minimum atomic E-state index is -0.779. The molecule has 1 unspecified atom stereocenters. The Morgan fingerprint density at radius 3 is 2.00 bits per heavy atom. The SMILES string of the molecule is COCOc1c(P(c2ccccc2)C2(C(C)(C)C)C=CC=C2)cccc1C(C)(C)C. The summed E-state index contributed by atoms with van der Waals surface area (Å²) >= 11 is 0. The van der Waals surface area contributed by atoms with E-state index in [4.69, 9.17) is 9.47 Å². The van der Waals surface area contributed by atoms with Gasteiger partial charge in [0.1, 0.15) is 5.75 Å². The van der Waals surface area contributed by atoms with Crippen molar-refractivity contribution in [1.82, 2.24) is 0 Å². The molecule has 30 heavy (non-hydrogen) atoms. The van der Waals surface area contributed by atoms with Crippen LogP contribution in [0.3, 0.4) is 0 Å². The maximum Gasteiger partial charge on any atom is 0.188 e. The van der Waals surface area contributed by atoms with E-state index in [2.05, 4.69) is 114 Å². The number of hydrogen-bond donors (Lipinski definition) is 0. The molecule has 1 aliphatic rings. The Bertz CT molecular complexity index is 902. The van der Waals surface area contributed by atoms with E-state index in [1.54, 1.807) is 7.11 Å². The van der Waals surface area contributed by atoms with E-state index < -0.39 is 7.92 Å². The highest BCUT2D eigenvalue weighted by Gasteiger charge is 2.47. The van der Waals surface area contributed by atoms with E-state index in [1.807, 2.05) is 0 Å². The molecule has 0 aromatic heterocycles. The van der Waals surface area contributed by atoms with Crippen LogP contribution in [0.25, 0.3) is 0 Å². The van der Waals surface area contributed by atoms with Crippen molar-refractivity contribution in [2.24, 2.45) is 5.41 Å². The lowest BCUT2D eigenvalue weighted by molar-refractivity contribution is 0.0506. The molecule has 0 amide bonds. The summed E-state index contributed by atoms with van der Waals surface area (Å²) < 4.78 is 11.6. The fraction of sp³-hybridized carbons (Fsp3) is 0.407. The van der Waals surface area contributed by atoms with Gasteiger partial charge in [-0.3, -0.25) is 0 Å². The molecule has 0 aliphatic heterocycles. The van der Waals surface area contributed by atoms with Crippen LogP contribution in [-0.2, 0) is 10.2 Å². The standard InChI is InChI=1S/C27H35O2P/c1-25(2,3)22-16-13-17-23(24(22)29-20-28-7)30(21-14-9-8-10-15-21)27(26(4,5)6)18-11-12-19-27/h8-19H,20H2,1-7H3. The zero-order chi connectivity index (χ0) is 22.0. The minimum Gasteiger partial charge on any atom is -0.467 e. The normalized spacial score (nSPS) is 16.6. The van der Waals surface area contributed by atoms with Crippen molar-refractivity contribution in [2.75, 3.05) is 13.9 Å². The number of methoxy groups -OCH3 is 1. The average molecular weight is 423 g/mol. The maximum atomic E-state index is 6.31. The molecule has 0 saturated heterocycles. The van der Waals surface area contributed by atoms with Crippen LogP contribution in [0.2, 0.25) is 0 Å². The van der Waals surface area contributed by atoms with Gasteiger partial charge in [-0.05, 0) is 24.1 Å². The van der Waals surface area contributed by atoms with Gasteiger partial charge in [0.25, 0.3) is 0 Å². The van der Waals surface area contributed by atoms with E-state index in [1.165, 1.54) is 16.2 Å². The second-order valence-corrected chi connectivity index (χ2v) is 12.3. The molecule has 1 aliphatic carbocycles. The molecule has 2 aromatic carbocycles. The number of benzene rings is 2. The summed E-state index contributed by atoms with van der Waals surface area (Å²) in [6, 6.07) is 17.6. The molecule has 0 spiro atoms. The third-order valence-electron chi connectivity index (χ3n) is 5.76. The lowest BCUT2D eigenvalue weighted by Gasteiger charge is -2.46. The van der Waals surface area contributed by atoms with Crippen LogP contribution in [-0.4, -0.2) is 19.1 Å². The van der Waals surface area contributed by atoms with Crippen LogP contribution in [0.1, 0.15) is 47.1 Å². The molecule has 2 aromatic rings. The Labute approximate surface area is 183 Å². The monoisotopic (exact) mass is 422 g/mol. The van der Waals surface area contributed by atoms with Crippen molar-refractivity contribution < 1.29 is 9.47 Å². The second-order valence-electron chi connectivity index (χ2n) is 9.92. The van der Waals surface area contributed by atoms with Gasteiger partial charge in [0.15, 0.2) is 6.79 Å². The summed E-state index contributed by atoms with van der Waals surface area (Å²) in [4.78, 5) is 0. The Morgan fingerprint density at radius 1 is 0.833 bits per heavy atom. The lowest BCUT2D eigenvalue weighted by atomic mass is 9.81. The Morgan fingerprint density at radius 2 is 1.47 bits per heavy atom. The highest BCUT2D eigenvalue weighted by molar-refractivity contribution is 7.75. The molecule has 1 atom stereocenters. The molecule has 0 N–H and O–H groups in total. The first-order valence-electron chi connectivity index (χ1n) is 10.6. The van der Waals surface area contributed by atoms with Crippen LogP contribution < -0.4 is 15.3 Å². The van der Waals surface area contributed by atoms with E-state index in [-0.39, 0.29) is 22.8 Å². The highest BCUT2D eigenvalue weighted by Crippen LogP contribution is 2.61. The summed E-state index contributed by atoms with van der Waals surface area (Å²) in [5, 5.41) is 2.52. The van der Waals surface area contributed by atoms with Crippen LogP contribution in [0.5, 0.6) is 5.75 Å². The number of allylic oxidation sites excluding steroid dienone is 4. The summed E-state index contributed by atoms with van der Waals surface area (Å²) in [5.41, 5.74) is 1.22. The molecule has 160 valence electrons. The zero-order valence-electron chi connectivity index (χ0n) is 19.4. The highest BCUT2D eigenvalue weighted by atomic mass is 31.1. The number of ether oxygens (including phenoxy) is 2. The summed E-state index contributed by atoms with van der Waals surface area (Å²) in [6.07, 6.45) is 9.20. The smallest absolute Gasteiger partial charge is 0.188 e. The molecule has 0 bridgehead atoms. The molecule has 3 heteroatoms. The predicted octanol–water partition coefficient (Wildman–Crippen LogP) is 6.31. The second kappa shape index (κ2) is 8.69. The molecule has 2 nitrogen and oxygen atoms in total. The topological polar surface area (TPSA) is 18.5 Å². The number of para-hydroxylation sites is 1. The van der Waals surface area contributed by atoms with Crippen molar-refractivity contribution in [3.05, 3.63) is 78.4 Å². The van der Waals surface area contributed by atoms with Gasteiger partial charge >= 0.3 is 0 Å². The molecule has 3 rings (SSSR count). The first kappa shape index (κ1) is 22.8. The summed E-state index contributed by atoms with van der Waals surface area (Å²) in [7, 11) is 0.900. The van der Waals surface area contributed by atoms with E-state index in [0.717, 1.165) is 5.75 Å². The molecule has 0 radical (unpaired) electrons. The fourth-order valence-electron chi connectivity index (χ4n) is 4.13. The summed E-state index contributed by atoms with van der Waals surface area (Å²) in [6.45, 7) is 14.0. The Hall–Kier alpha value is -1.89. The van der Waals surface area contributed by atoms with Gasteiger partial charge in [0, 0.05) is 23.1 Å². The van der Waals surface area contributed by atoms with Crippen LogP contribution >= 0.6 is 7.92 Å². The van der Waals surface area contributed by atoms with E-state index in [0.29, 0.717) is 0 Å². The van der Waals surface area contributed by atoms with E-state index >= 15 is 0 Å². The molecule has 0 fully saturated rings. The van der Waals surface area contributed by atoms with Gasteiger partial charge in [0.05, 0.1) is 0 Å². The first-order chi connectivity index (χ1) is 14.1. The van der Waals surface area contributed by atoms with Crippen molar-refractivity contribution >= 4 is 18.5 Å². The van der Waals surface area contributed by atoms with Crippen molar-refractivity contribution in [3.8, 4) is 5.75 Å². The fourth-order valence-corrected chi connectivity index (χ4v) is 7.47. The van der Waals surface area contributed by atoms with Crippen LogP contribution in [0, 0.1) is 5.41 Å². The maximum absolute atomic E-state index is 6.31. The predicted molar refractivity (Wildman–Crippen MR) is 131 cm³/mol. The van der Waals surface area contributed by atoms with Crippen LogP contribution in [0.4, 0.5) is 0 Å². The van der Waals surface area contributed by atoms with Crippen molar-refractivity contribution in [2.45, 2.75) is 52.1 Å². The Kier molecular flexibility index (Phi) is 6.60. The van der Waals surface area contributed by atoms with Gasteiger partial charge in [-0.1, -0.05) is 114 Å². The van der Waals surface area contributed by atoms with Crippen molar-refractivity contribution in [3.63, 3.8) is 0 Å². The number of rotatable bonds is 6. The molecule has 0 saturated carbocycles. The minimum absolute atomic E-state index is 0.0347. The average Bonchev–Trinajstić information content (AvgIpc) is 3.18.